The molecule has 1 aliphatic rings. The molecule has 0 aromatic carbocycles. The minimum atomic E-state index is 0.855. The summed E-state index contributed by atoms with van der Waals surface area (Å²) in [4.78, 5) is 9.03. The van der Waals surface area contributed by atoms with E-state index in [0.717, 1.165) is 42.7 Å². The van der Waals surface area contributed by atoms with Crippen LogP contribution in [0.1, 0.15) is 18.2 Å². The minimum Gasteiger partial charge on any atom is -0.370 e. The quantitative estimate of drug-likeness (QED) is 0.598. The molecule has 0 spiro atoms. The van der Waals surface area contributed by atoms with Crippen LogP contribution >= 0.6 is 11.8 Å². The smallest absolute Gasteiger partial charge is 0.189 e. The Morgan fingerprint density at radius 2 is 2.33 bits per heavy atom. The van der Waals surface area contributed by atoms with Crippen LogP contribution in [0.2, 0.25) is 0 Å². The zero-order chi connectivity index (χ0) is 10.7. The van der Waals surface area contributed by atoms with Crippen molar-refractivity contribution < 1.29 is 0 Å². The van der Waals surface area contributed by atoms with Gasteiger partial charge < -0.3 is 10.6 Å². The number of hydrogen-bond donors (Lipinski definition) is 2. The molecule has 0 unspecified atom stereocenters. The van der Waals surface area contributed by atoms with Gasteiger partial charge in [-0.15, -0.1) is 0 Å². The lowest BCUT2D eigenvalue weighted by Gasteiger charge is -2.19. The summed E-state index contributed by atoms with van der Waals surface area (Å²) < 4.78 is 0. The third kappa shape index (κ3) is 2.23. The van der Waals surface area contributed by atoms with E-state index in [1.165, 1.54) is 5.56 Å². The van der Waals surface area contributed by atoms with E-state index in [1.807, 2.05) is 6.26 Å². The largest absolute Gasteiger partial charge is 0.370 e. The third-order valence-electron chi connectivity index (χ3n) is 2.44. The highest BCUT2D eigenvalue weighted by atomic mass is 32.2. The van der Waals surface area contributed by atoms with Crippen molar-refractivity contribution in [3.63, 3.8) is 0 Å². The Bertz CT molecular complexity index is 354. The van der Waals surface area contributed by atoms with Crippen molar-refractivity contribution >= 4 is 17.6 Å². The van der Waals surface area contributed by atoms with Crippen LogP contribution in [0.4, 0.5) is 5.82 Å². The van der Waals surface area contributed by atoms with Gasteiger partial charge in [0.05, 0.1) is 5.69 Å². The normalized spacial score (nSPS) is 14.8. The third-order valence-corrected chi connectivity index (χ3v) is 2.99. The Labute approximate surface area is 94.3 Å². The van der Waals surface area contributed by atoms with E-state index >= 15 is 0 Å². The number of anilines is 1. The van der Waals surface area contributed by atoms with E-state index in [-0.39, 0.29) is 0 Å². The fourth-order valence-corrected chi connectivity index (χ4v) is 2.13. The van der Waals surface area contributed by atoms with Crippen LogP contribution in [0.5, 0.6) is 0 Å². The number of nitrogens with zero attached hydrogens (tertiary/aromatic N) is 2. The summed E-state index contributed by atoms with van der Waals surface area (Å²) in [6, 6.07) is 0. The van der Waals surface area contributed by atoms with Gasteiger partial charge in [-0.05, 0) is 26.1 Å². The minimum absolute atomic E-state index is 0.855. The summed E-state index contributed by atoms with van der Waals surface area (Å²) in [7, 11) is 0. The van der Waals surface area contributed by atoms with Crippen LogP contribution in [0.25, 0.3) is 0 Å². The molecular weight excluding hydrogens is 208 g/mol. The van der Waals surface area contributed by atoms with E-state index in [2.05, 4.69) is 27.5 Å². The fraction of sp³-hybridized carbons (Fsp3) is 0.600. The van der Waals surface area contributed by atoms with E-state index in [9.17, 15) is 0 Å². The second kappa shape index (κ2) is 4.81. The average Bonchev–Trinajstić information content (AvgIpc) is 2.29. The first-order valence-corrected chi connectivity index (χ1v) is 6.46. The van der Waals surface area contributed by atoms with Gasteiger partial charge in [0.2, 0.25) is 0 Å². The summed E-state index contributed by atoms with van der Waals surface area (Å²) in [5, 5.41) is 7.51. The van der Waals surface area contributed by atoms with Gasteiger partial charge in [-0.3, -0.25) is 0 Å². The molecule has 1 aliphatic heterocycles. The monoisotopic (exact) mass is 224 g/mol. The summed E-state index contributed by atoms with van der Waals surface area (Å²) in [6.07, 6.45) is 3.03. The summed E-state index contributed by atoms with van der Waals surface area (Å²) >= 11 is 1.59. The maximum atomic E-state index is 4.52. The van der Waals surface area contributed by atoms with Crippen molar-refractivity contribution in [2.45, 2.75) is 25.0 Å². The maximum Gasteiger partial charge on any atom is 0.189 e. The van der Waals surface area contributed by atoms with Crippen molar-refractivity contribution in [2.24, 2.45) is 0 Å². The van der Waals surface area contributed by atoms with Gasteiger partial charge in [-0.2, -0.15) is 0 Å². The molecule has 0 aliphatic carbocycles. The first-order chi connectivity index (χ1) is 7.35. The van der Waals surface area contributed by atoms with Gasteiger partial charge >= 0.3 is 0 Å². The van der Waals surface area contributed by atoms with Crippen molar-refractivity contribution in [2.75, 3.05) is 24.7 Å². The molecule has 15 heavy (non-hydrogen) atoms. The van der Waals surface area contributed by atoms with Crippen molar-refractivity contribution in [1.29, 1.82) is 0 Å². The van der Waals surface area contributed by atoms with Crippen molar-refractivity contribution in [3.8, 4) is 0 Å². The first kappa shape index (κ1) is 10.7. The molecule has 0 bridgehead atoms. The van der Waals surface area contributed by atoms with Crippen LogP contribution in [0, 0.1) is 0 Å². The molecule has 2 rings (SSSR count). The lowest BCUT2D eigenvalue weighted by molar-refractivity contribution is 0.614. The summed E-state index contributed by atoms with van der Waals surface area (Å²) in [6.45, 7) is 4.89. The average molecular weight is 224 g/mol. The molecule has 0 saturated carbocycles. The molecule has 1 aromatic heterocycles. The molecule has 2 N–H and O–H groups in total. The van der Waals surface area contributed by atoms with Crippen LogP contribution < -0.4 is 10.6 Å². The Morgan fingerprint density at radius 1 is 1.47 bits per heavy atom. The standard InChI is InChI=1S/C10H16N4S/c1-3-12-9-7-4-5-11-6-8(7)13-10(14-9)15-2/h11H,3-6H2,1-2H3,(H,12,13,14). The lowest BCUT2D eigenvalue weighted by atomic mass is 10.1. The van der Waals surface area contributed by atoms with Crippen LogP contribution in [0.3, 0.4) is 0 Å². The second-order valence-electron chi connectivity index (χ2n) is 3.44. The van der Waals surface area contributed by atoms with Gasteiger partial charge in [-0.1, -0.05) is 11.8 Å². The molecule has 1 aromatic rings. The van der Waals surface area contributed by atoms with Gasteiger partial charge in [-0.25, -0.2) is 9.97 Å². The number of nitrogens with one attached hydrogen (secondary N) is 2. The SMILES string of the molecule is CCNc1nc(SC)nc2c1CCNC2. The number of aromatic nitrogens is 2. The number of hydrogen-bond acceptors (Lipinski definition) is 5. The Kier molecular flexibility index (Phi) is 3.43. The zero-order valence-corrected chi connectivity index (χ0v) is 9.95. The van der Waals surface area contributed by atoms with Gasteiger partial charge in [0.1, 0.15) is 5.82 Å². The zero-order valence-electron chi connectivity index (χ0n) is 9.13. The second-order valence-corrected chi connectivity index (χ2v) is 4.21. The van der Waals surface area contributed by atoms with Crippen LogP contribution in [-0.4, -0.2) is 29.3 Å². The molecule has 0 amide bonds. The molecule has 82 valence electrons. The number of thioether (sulfide) groups is 1. The van der Waals surface area contributed by atoms with E-state index in [0.29, 0.717) is 0 Å². The molecule has 0 radical (unpaired) electrons. The molecule has 4 nitrogen and oxygen atoms in total. The molecule has 5 heteroatoms. The molecular formula is C10H16N4S. The summed E-state index contributed by atoms with van der Waals surface area (Å²) in [5.74, 6) is 1.02. The highest BCUT2D eigenvalue weighted by Gasteiger charge is 2.16. The van der Waals surface area contributed by atoms with E-state index in [4.69, 9.17) is 0 Å². The van der Waals surface area contributed by atoms with Crippen LogP contribution in [0.15, 0.2) is 5.16 Å². The van der Waals surface area contributed by atoms with Gasteiger partial charge in [0.15, 0.2) is 5.16 Å². The fourth-order valence-electron chi connectivity index (χ4n) is 1.74. The molecule has 0 saturated heterocycles. The molecule has 0 atom stereocenters. The number of fused-ring (bicyclic) bond motifs is 1. The predicted octanol–water partition coefficient (Wildman–Crippen LogP) is 1.28. The van der Waals surface area contributed by atoms with Crippen molar-refractivity contribution in [1.82, 2.24) is 15.3 Å². The topological polar surface area (TPSA) is 49.8 Å². The Morgan fingerprint density at radius 3 is 3.07 bits per heavy atom. The number of rotatable bonds is 3. The van der Waals surface area contributed by atoms with Gasteiger partial charge in [0, 0.05) is 18.7 Å². The Balaban J connectivity index is 2.41. The highest BCUT2D eigenvalue weighted by Crippen LogP contribution is 2.22. The van der Waals surface area contributed by atoms with Crippen molar-refractivity contribution in [3.05, 3.63) is 11.3 Å². The predicted molar refractivity (Wildman–Crippen MR) is 63.4 cm³/mol. The lowest BCUT2D eigenvalue weighted by Crippen LogP contribution is -2.26. The van der Waals surface area contributed by atoms with Gasteiger partial charge in [0.25, 0.3) is 0 Å². The highest BCUT2D eigenvalue weighted by molar-refractivity contribution is 7.98. The Hall–Kier alpha value is -0.810. The first-order valence-electron chi connectivity index (χ1n) is 5.23. The molecule has 2 heterocycles. The maximum absolute atomic E-state index is 4.52. The van der Waals surface area contributed by atoms with E-state index < -0.39 is 0 Å². The summed E-state index contributed by atoms with van der Waals surface area (Å²) in [5.41, 5.74) is 2.44. The molecule has 0 fully saturated rings. The van der Waals surface area contributed by atoms with E-state index in [1.54, 1.807) is 11.8 Å². The van der Waals surface area contributed by atoms with Crippen LogP contribution in [-0.2, 0) is 13.0 Å².